The van der Waals surface area contributed by atoms with E-state index in [4.69, 9.17) is 4.74 Å². The number of thiazole rings is 1. The summed E-state index contributed by atoms with van der Waals surface area (Å²) in [5.74, 6) is 0.0336. The number of ketones is 1. The van der Waals surface area contributed by atoms with Crippen LogP contribution in [0, 0.1) is 0 Å². The van der Waals surface area contributed by atoms with Crippen LogP contribution < -0.4 is 10.6 Å². The van der Waals surface area contributed by atoms with Gasteiger partial charge in [0.2, 0.25) is 0 Å². The molecule has 1 aromatic carbocycles. The lowest BCUT2D eigenvalue weighted by atomic mass is 10.1. The van der Waals surface area contributed by atoms with Crippen molar-refractivity contribution in [1.29, 1.82) is 0 Å². The summed E-state index contributed by atoms with van der Waals surface area (Å²) in [6.07, 6.45) is -0.468. The molecule has 0 saturated heterocycles. The summed E-state index contributed by atoms with van der Waals surface area (Å²) < 4.78 is 5.17. The highest BCUT2D eigenvalue weighted by Crippen LogP contribution is 2.21. The summed E-state index contributed by atoms with van der Waals surface area (Å²) in [4.78, 5) is 27.3. The van der Waals surface area contributed by atoms with Crippen LogP contribution in [0.1, 0.15) is 43.7 Å². The zero-order chi connectivity index (χ0) is 17.7. The zero-order valence-electron chi connectivity index (χ0n) is 14.2. The molecule has 0 fully saturated rings. The van der Waals surface area contributed by atoms with Crippen LogP contribution in [0.25, 0.3) is 0 Å². The fourth-order valence-corrected chi connectivity index (χ4v) is 2.56. The van der Waals surface area contributed by atoms with E-state index >= 15 is 0 Å². The molecule has 24 heavy (non-hydrogen) atoms. The van der Waals surface area contributed by atoms with Crippen molar-refractivity contribution in [2.75, 3.05) is 5.32 Å². The Morgan fingerprint density at radius 2 is 1.88 bits per heavy atom. The minimum atomic E-state index is -0.523. The Bertz CT molecular complexity index is 717. The predicted molar refractivity (Wildman–Crippen MR) is 94.9 cm³/mol. The van der Waals surface area contributed by atoms with E-state index < -0.39 is 11.7 Å². The van der Waals surface area contributed by atoms with Crippen molar-refractivity contribution in [2.45, 2.75) is 39.8 Å². The molecule has 2 N–H and O–H groups in total. The zero-order valence-corrected chi connectivity index (χ0v) is 15.0. The SMILES string of the molecule is CC(=O)c1ccc(Nc2nc(CNC(=O)OC(C)(C)C)cs2)cc1. The lowest BCUT2D eigenvalue weighted by molar-refractivity contribution is 0.0523. The monoisotopic (exact) mass is 347 g/mol. The summed E-state index contributed by atoms with van der Waals surface area (Å²) in [5.41, 5.74) is 1.74. The predicted octanol–water partition coefficient (Wildman–Crippen LogP) is 4.11. The van der Waals surface area contributed by atoms with Crippen LogP contribution >= 0.6 is 11.3 Å². The van der Waals surface area contributed by atoms with Gasteiger partial charge in [0.25, 0.3) is 0 Å². The molecule has 0 saturated carbocycles. The van der Waals surface area contributed by atoms with Crippen molar-refractivity contribution in [3.05, 3.63) is 40.9 Å². The second-order valence-corrected chi connectivity index (χ2v) is 7.12. The standard InChI is InChI=1S/C17H21N3O3S/c1-11(21)12-5-7-13(8-6-12)19-15-20-14(10-24-15)9-18-16(22)23-17(2,3)4/h5-8,10H,9H2,1-4H3,(H,18,22)(H,19,20). The minimum absolute atomic E-state index is 0.0336. The molecule has 2 rings (SSSR count). The first-order valence-electron chi connectivity index (χ1n) is 7.52. The molecule has 0 atom stereocenters. The smallest absolute Gasteiger partial charge is 0.407 e. The second-order valence-electron chi connectivity index (χ2n) is 6.26. The van der Waals surface area contributed by atoms with Crippen molar-refractivity contribution < 1.29 is 14.3 Å². The van der Waals surface area contributed by atoms with E-state index in [9.17, 15) is 9.59 Å². The molecule has 7 heteroatoms. The number of rotatable bonds is 5. The largest absolute Gasteiger partial charge is 0.444 e. The molecule has 1 heterocycles. The van der Waals surface area contributed by atoms with E-state index in [1.165, 1.54) is 18.3 Å². The molecule has 0 radical (unpaired) electrons. The van der Waals surface area contributed by atoms with E-state index in [0.717, 1.165) is 11.4 Å². The van der Waals surface area contributed by atoms with Crippen molar-refractivity contribution >= 4 is 34.0 Å². The van der Waals surface area contributed by atoms with Crippen LogP contribution in [0.15, 0.2) is 29.6 Å². The van der Waals surface area contributed by atoms with E-state index in [0.29, 0.717) is 17.2 Å². The van der Waals surface area contributed by atoms with E-state index in [1.54, 1.807) is 12.1 Å². The number of carbonyl (C=O) groups is 2. The van der Waals surface area contributed by atoms with Gasteiger partial charge in [0, 0.05) is 16.6 Å². The normalized spacial score (nSPS) is 11.0. The van der Waals surface area contributed by atoms with Crippen molar-refractivity contribution in [3.63, 3.8) is 0 Å². The Kier molecular flexibility index (Phi) is 5.56. The lowest BCUT2D eigenvalue weighted by Gasteiger charge is -2.19. The average molecular weight is 347 g/mol. The molecule has 0 aliphatic rings. The highest BCUT2D eigenvalue weighted by molar-refractivity contribution is 7.13. The molecular formula is C17H21N3O3S. The number of alkyl carbamates (subject to hydrolysis) is 1. The molecule has 0 unspecified atom stereocenters. The van der Waals surface area contributed by atoms with Crippen LogP contribution in [0.2, 0.25) is 0 Å². The van der Waals surface area contributed by atoms with E-state index in [2.05, 4.69) is 15.6 Å². The maximum absolute atomic E-state index is 11.6. The van der Waals surface area contributed by atoms with Gasteiger partial charge < -0.3 is 15.4 Å². The molecule has 0 bridgehead atoms. The van der Waals surface area contributed by atoms with Crippen LogP contribution in [0.4, 0.5) is 15.6 Å². The number of carbonyl (C=O) groups excluding carboxylic acids is 2. The molecular weight excluding hydrogens is 326 g/mol. The molecule has 128 valence electrons. The maximum atomic E-state index is 11.6. The molecule has 0 aliphatic carbocycles. The summed E-state index contributed by atoms with van der Waals surface area (Å²) in [5, 5.41) is 8.42. The lowest BCUT2D eigenvalue weighted by Crippen LogP contribution is -2.32. The number of hydrogen-bond donors (Lipinski definition) is 2. The van der Waals surface area contributed by atoms with Crippen LogP contribution in [-0.4, -0.2) is 22.5 Å². The molecule has 1 aromatic heterocycles. The number of hydrogen-bond acceptors (Lipinski definition) is 6. The van der Waals surface area contributed by atoms with Crippen molar-refractivity contribution in [1.82, 2.24) is 10.3 Å². The number of Topliss-reactive ketones (excluding diaryl/α,β-unsaturated/α-hetero) is 1. The number of anilines is 2. The average Bonchev–Trinajstić information content (AvgIpc) is 2.91. The summed E-state index contributed by atoms with van der Waals surface area (Å²) in [7, 11) is 0. The Morgan fingerprint density at radius 1 is 1.21 bits per heavy atom. The number of nitrogens with one attached hydrogen (secondary N) is 2. The first-order valence-corrected chi connectivity index (χ1v) is 8.40. The molecule has 2 aromatic rings. The first-order chi connectivity index (χ1) is 11.2. The molecule has 6 nitrogen and oxygen atoms in total. The van der Waals surface area contributed by atoms with Crippen LogP contribution in [0.3, 0.4) is 0 Å². The van der Waals surface area contributed by atoms with Crippen LogP contribution in [-0.2, 0) is 11.3 Å². The van der Waals surface area contributed by atoms with Gasteiger partial charge in [-0.1, -0.05) is 0 Å². The van der Waals surface area contributed by atoms with Crippen molar-refractivity contribution in [3.8, 4) is 0 Å². The number of benzene rings is 1. The third-order valence-electron chi connectivity index (χ3n) is 2.91. The third kappa shape index (κ3) is 5.66. The van der Waals surface area contributed by atoms with E-state index in [1.807, 2.05) is 38.3 Å². The fraction of sp³-hybridized carbons (Fsp3) is 0.353. The van der Waals surface area contributed by atoms with E-state index in [-0.39, 0.29) is 5.78 Å². The Hall–Kier alpha value is -2.41. The number of nitrogens with zero attached hydrogens (tertiary/aromatic N) is 1. The molecule has 0 aliphatic heterocycles. The van der Waals surface area contributed by atoms with Crippen LogP contribution in [0.5, 0.6) is 0 Å². The number of aromatic nitrogens is 1. The number of ether oxygens (including phenoxy) is 1. The third-order valence-corrected chi connectivity index (χ3v) is 3.71. The van der Waals surface area contributed by atoms with Gasteiger partial charge in [-0.2, -0.15) is 0 Å². The quantitative estimate of drug-likeness (QED) is 0.796. The van der Waals surface area contributed by atoms with Gasteiger partial charge >= 0.3 is 6.09 Å². The number of amides is 1. The van der Waals surface area contributed by atoms with Gasteiger partial charge in [0.1, 0.15) is 5.60 Å². The second kappa shape index (κ2) is 7.44. The molecule has 0 spiro atoms. The Balaban J connectivity index is 1.89. The van der Waals surface area contributed by atoms with Gasteiger partial charge in [-0.15, -0.1) is 11.3 Å². The molecule has 1 amide bonds. The summed E-state index contributed by atoms with van der Waals surface area (Å²) in [6.45, 7) is 7.28. The Morgan fingerprint density at radius 3 is 2.46 bits per heavy atom. The van der Waals surface area contributed by atoms with Gasteiger partial charge in [-0.05, 0) is 52.0 Å². The highest BCUT2D eigenvalue weighted by Gasteiger charge is 2.16. The topological polar surface area (TPSA) is 80.3 Å². The summed E-state index contributed by atoms with van der Waals surface area (Å²) in [6, 6.07) is 7.19. The highest BCUT2D eigenvalue weighted by atomic mass is 32.1. The van der Waals surface area contributed by atoms with Gasteiger partial charge in [-0.25, -0.2) is 9.78 Å². The van der Waals surface area contributed by atoms with Crippen molar-refractivity contribution in [2.24, 2.45) is 0 Å². The van der Waals surface area contributed by atoms with Gasteiger partial charge in [0.05, 0.1) is 12.2 Å². The first kappa shape index (κ1) is 17.9. The van der Waals surface area contributed by atoms with Gasteiger partial charge in [0.15, 0.2) is 10.9 Å². The fourth-order valence-electron chi connectivity index (χ4n) is 1.83. The minimum Gasteiger partial charge on any atom is -0.444 e. The van der Waals surface area contributed by atoms with Gasteiger partial charge in [-0.3, -0.25) is 4.79 Å². The Labute approximate surface area is 145 Å². The summed E-state index contributed by atoms with van der Waals surface area (Å²) >= 11 is 1.44. The maximum Gasteiger partial charge on any atom is 0.407 e.